The van der Waals surface area contributed by atoms with E-state index in [0.717, 1.165) is 23.1 Å². The Kier molecular flexibility index (Phi) is 3.78. The Bertz CT molecular complexity index is 475. The number of hydrogen-bond acceptors (Lipinski definition) is 3. The predicted octanol–water partition coefficient (Wildman–Crippen LogP) is 2.67. The molecule has 0 radical (unpaired) electrons. The van der Waals surface area contributed by atoms with Crippen LogP contribution in [0.4, 0.5) is 0 Å². The van der Waals surface area contributed by atoms with Gasteiger partial charge < -0.3 is 5.32 Å². The zero-order valence-electron chi connectivity index (χ0n) is 9.33. The molecule has 2 heterocycles. The second kappa shape index (κ2) is 5.12. The third kappa shape index (κ3) is 2.53. The van der Waals surface area contributed by atoms with Crippen molar-refractivity contribution in [2.24, 2.45) is 7.05 Å². The number of hydrogen-bond donors (Lipinski definition) is 1. The maximum absolute atomic E-state index is 4.53. The summed E-state index contributed by atoms with van der Waals surface area (Å²) in [6, 6.07) is 4.27. The highest BCUT2D eigenvalue weighted by Crippen LogP contribution is 2.29. The number of thiophene rings is 1. The second-order valence-electron chi connectivity index (χ2n) is 3.63. The monoisotopic (exact) mass is 299 g/mol. The fraction of sp³-hybridized carbons (Fsp3) is 0.364. The van der Waals surface area contributed by atoms with Gasteiger partial charge in [0.15, 0.2) is 0 Å². The van der Waals surface area contributed by atoms with Gasteiger partial charge >= 0.3 is 0 Å². The van der Waals surface area contributed by atoms with Gasteiger partial charge in [-0.2, -0.15) is 5.10 Å². The fourth-order valence-electron chi connectivity index (χ4n) is 1.56. The molecule has 16 heavy (non-hydrogen) atoms. The summed E-state index contributed by atoms with van der Waals surface area (Å²) in [6.07, 6.45) is 1.01. The maximum Gasteiger partial charge on any atom is 0.103 e. The molecule has 0 aliphatic rings. The van der Waals surface area contributed by atoms with Crippen molar-refractivity contribution in [1.29, 1.82) is 0 Å². The van der Waals surface area contributed by atoms with Gasteiger partial charge in [-0.15, -0.1) is 11.3 Å². The summed E-state index contributed by atoms with van der Waals surface area (Å²) in [5, 5.41) is 9.76. The van der Waals surface area contributed by atoms with E-state index in [-0.39, 0.29) is 0 Å². The molecule has 0 aromatic carbocycles. The van der Waals surface area contributed by atoms with Gasteiger partial charge in [-0.25, -0.2) is 0 Å². The molecule has 0 atom stereocenters. The Balaban J connectivity index is 2.23. The van der Waals surface area contributed by atoms with E-state index in [0.29, 0.717) is 0 Å². The number of nitrogens with zero attached hydrogens (tertiary/aromatic N) is 2. The van der Waals surface area contributed by atoms with Crippen LogP contribution in [0.5, 0.6) is 0 Å². The molecule has 0 bridgehead atoms. The summed E-state index contributed by atoms with van der Waals surface area (Å²) in [6.45, 7) is 0.979. The second-order valence-corrected chi connectivity index (χ2v) is 5.45. The van der Waals surface area contributed by atoms with Gasteiger partial charge in [-0.1, -0.05) is 0 Å². The Morgan fingerprint density at radius 1 is 1.50 bits per heavy atom. The van der Waals surface area contributed by atoms with E-state index in [9.17, 15) is 0 Å². The Hall–Kier alpha value is -0.650. The third-order valence-electron chi connectivity index (χ3n) is 2.43. The van der Waals surface area contributed by atoms with E-state index in [1.54, 1.807) is 11.3 Å². The van der Waals surface area contributed by atoms with Crippen molar-refractivity contribution in [3.63, 3.8) is 0 Å². The average Bonchev–Trinajstić information content (AvgIpc) is 2.82. The first kappa shape index (κ1) is 11.8. The van der Waals surface area contributed by atoms with Gasteiger partial charge in [-0.3, -0.25) is 4.68 Å². The SMILES string of the molecule is CNCCc1cc(-c2cc(Br)cs2)nn1C. The van der Waals surface area contributed by atoms with Gasteiger partial charge in [0.05, 0.1) is 4.88 Å². The van der Waals surface area contributed by atoms with E-state index < -0.39 is 0 Å². The van der Waals surface area contributed by atoms with E-state index in [2.05, 4.69) is 43.9 Å². The Labute approximate surface area is 108 Å². The third-order valence-corrected chi connectivity index (χ3v) is 4.14. The summed E-state index contributed by atoms with van der Waals surface area (Å²) in [7, 11) is 3.96. The van der Waals surface area contributed by atoms with Crippen LogP contribution in [0.25, 0.3) is 10.6 Å². The molecule has 2 aromatic heterocycles. The fourth-order valence-corrected chi connectivity index (χ4v) is 2.94. The number of rotatable bonds is 4. The van der Waals surface area contributed by atoms with E-state index in [1.807, 2.05) is 18.8 Å². The van der Waals surface area contributed by atoms with Gasteiger partial charge in [-0.05, 0) is 35.1 Å². The highest BCUT2D eigenvalue weighted by molar-refractivity contribution is 9.10. The first-order valence-electron chi connectivity index (χ1n) is 5.12. The van der Waals surface area contributed by atoms with Crippen molar-refractivity contribution < 1.29 is 0 Å². The summed E-state index contributed by atoms with van der Waals surface area (Å²) in [4.78, 5) is 1.21. The van der Waals surface area contributed by atoms with Crippen molar-refractivity contribution in [3.8, 4) is 10.6 Å². The molecule has 0 saturated carbocycles. The molecule has 0 aliphatic carbocycles. The minimum atomic E-state index is 0.979. The van der Waals surface area contributed by atoms with Crippen molar-refractivity contribution >= 4 is 27.3 Å². The molecule has 1 N–H and O–H groups in total. The summed E-state index contributed by atoms with van der Waals surface area (Å²) < 4.78 is 3.08. The maximum atomic E-state index is 4.53. The smallest absolute Gasteiger partial charge is 0.103 e. The Morgan fingerprint density at radius 2 is 2.31 bits per heavy atom. The molecule has 5 heteroatoms. The van der Waals surface area contributed by atoms with E-state index in [1.165, 1.54) is 10.6 Å². The van der Waals surface area contributed by atoms with Crippen LogP contribution in [0.15, 0.2) is 22.0 Å². The number of aryl methyl sites for hydroxylation is 1. The summed E-state index contributed by atoms with van der Waals surface area (Å²) >= 11 is 5.17. The van der Waals surface area contributed by atoms with Crippen LogP contribution in [-0.2, 0) is 13.5 Å². The van der Waals surface area contributed by atoms with Gasteiger partial charge in [0.1, 0.15) is 5.69 Å². The molecule has 0 unspecified atom stereocenters. The Morgan fingerprint density at radius 3 is 2.94 bits per heavy atom. The van der Waals surface area contributed by atoms with Crippen LogP contribution < -0.4 is 5.32 Å². The summed E-state index contributed by atoms with van der Waals surface area (Å²) in [5.41, 5.74) is 2.32. The van der Waals surface area contributed by atoms with E-state index in [4.69, 9.17) is 0 Å². The molecule has 2 aromatic rings. The van der Waals surface area contributed by atoms with Gasteiger partial charge in [0.25, 0.3) is 0 Å². The van der Waals surface area contributed by atoms with Crippen LogP contribution in [0.1, 0.15) is 5.69 Å². The minimum Gasteiger partial charge on any atom is -0.319 e. The quantitative estimate of drug-likeness (QED) is 0.941. The van der Waals surface area contributed by atoms with Crippen LogP contribution in [0.2, 0.25) is 0 Å². The van der Waals surface area contributed by atoms with Crippen molar-refractivity contribution in [1.82, 2.24) is 15.1 Å². The lowest BCUT2D eigenvalue weighted by atomic mass is 10.2. The van der Waals surface area contributed by atoms with Gasteiger partial charge in [0, 0.05) is 35.6 Å². The molecular weight excluding hydrogens is 286 g/mol. The molecule has 0 fully saturated rings. The molecule has 0 spiro atoms. The molecule has 0 amide bonds. The summed E-state index contributed by atoms with van der Waals surface area (Å²) in [5.74, 6) is 0. The van der Waals surface area contributed by atoms with Crippen molar-refractivity contribution in [2.75, 3.05) is 13.6 Å². The highest BCUT2D eigenvalue weighted by Gasteiger charge is 2.08. The molecule has 0 aliphatic heterocycles. The first-order chi connectivity index (χ1) is 7.70. The lowest BCUT2D eigenvalue weighted by molar-refractivity contribution is 0.683. The lowest BCUT2D eigenvalue weighted by Crippen LogP contribution is -2.12. The molecule has 0 saturated heterocycles. The number of likely N-dealkylation sites (N-methyl/N-ethyl adjacent to an activating group) is 1. The molecule has 2 rings (SSSR count). The topological polar surface area (TPSA) is 29.9 Å². The zero-order valence-corrected chi connectivity index (χ0v) is 11.7. The largest absolute Gasteiger partial charge is 0.319 e. The molecule has 3 nitrogen and oxygen atoms in total. The minimum absolute atomic E-state index is 0.979. The standard InChI is InChI=1S/C11H14BrN3S/c1-13-4-3-9-6-10(14-15(9)2)11-5-8(12)7-16-11/h5-7,13H,3-4H2,1-2H3. The zero-order chi connectivity index (χ0) is 11.5. The lowest BCUT2D eigenvalue weighted by Gasteiger charge is -1.99. The average molecular weight is 300 g/mol. The molecular formula is C11H14BrN3S. The number of nitrogens with one attached hydrogen (secondary N) is 1. The van der Waals surface area contributed by atoms with Crippen LogP contribution >= 0.6 is 27.3 Å². The first-order valence-corrected chi connectivity index (χ1v) is 6.80. The number of halogens is 1. The van der Waals surface area contributed by atoms with E-state index >= 15 is 0 Å². The van der Waals surface area contributed by atoms with Crippen LogP contribution in [-0.4, -0.2) is 23.4 Å². The predicted molar refractivity (Wildman–Crippen MR) is 71.9 cm³/mol. The van der Waals surface area contributed by atoms with Crippen molar-refractivity contribution in [2.45, 2.75) is 6.42 Å². The molecule has 86 valence electrons. The van der Waals surface area contributed by atoms with Crippen LogP contribution in [0.3, 0.4) is 0 Å². The van der Waals surface area contributed by atoms with Crippen molar-refractivity contribution in [3.05, 3.63) is 27.7 Å². The van der Waals surface area contributed by atoms with Crippen LogP contribution in [0, 0.1) is 0 Å². The van der Waals surface area contributed by atoms with Gasteiger partial charge in [0.2, 0.25) is 0 Å². The number of aromatic nitrogens is 2. The highest BCUT2D eigenvalue weighted by atomic mass is 79.9. The normalized spacial score (nSPS) is 10.9.